The van der Waals surface area contributed by atoms with Gasteiger partial charge in [-0.2, -0.15) is 0 Å². The van der Waals surface area contributed by atoms with Gasteiger partial charge >= 0.3 is 0 Å². The minimum absolute atomic E-state index is 0. The van der Waals surface area contributed by atoms with Crippen molar-refractivity contribution in [2.45, 2.75) is 25.4 Å². The monoisotopic (exact) mass is 347 g/mol. The van der Waals surface area contributed by atoms with Crippen LogP contribution in [0.25, 0.3) is 11.2 Å². The molecule has 2 aromatic heterocycles. The number of halogens is 2. The number of hydrogen-bond acceptors (Lipinski definition) is 6. The van der Waals surface area contributed by atoms with Crippen molar-refractivity contribution in [3.63, 3.8) is 0 Å². The van der Waals surface area contributed by atoms with Crippen LogP contribution >= 0.6 is 24.8 Å². The fourth-order valence-electron chi connectivity index (χ4n) is 2.15. The summed E-state index contributed by atoms with van der Waals surface area (Å²) in [5.41, 5.74) is 12.7. The Bertz CT molecular complexity index is 643. The van der Waals surface area contributed by atoms with Crippen molar-refractivity contribution in [3.8, 4) is 0 Å². The van der Waals surface area contributed by atoms with Crippen molar-refractivity contribution in [1.29, 1.82) is 0 Å². The Kier molecular flexibility index (Phi) is 6.34. The maximum atomic E-state index is 11.9. The largest absolute Gasteiger partial charge is 0.382 e. The molecule has 0 bridgehead atoms. The Morgan fingerprint density at radius 1 is 1.36 bits per heavy atom. The first-order valence-electron chi connectivity index (χ1n) is 6.58. The maximum Gasteiger partial charge on any atom is 0.240 e. The van der Waals surface area contributed by atoms with Crippen LogP contribution < -0.4 is 16.8 Å². The molecule has 1 unspecified atom stereocenters. The minimum Gasteiger partial charge on any atom is -0.382 e. The van der Waals surface area contributed by atoms with Gasteiger partial charge in [-0.3, -0.25) is 4.79 Å². The molecule has 2 heterocycles. The third-order valence-corrected chi connectivity index (χ3v) is 3.51. The average molecular weight is 348 g/mol. The Hall–Kier alpha value is -1.64. The summed E-state index contributed by atoms with van der Waals surface area (Å²) >= 11 is 0. The van der Waals surface area contributed by atoms with E-state index < -0.39 is 0 Å². The van der Waals surface area contributed by atoms with Crippen molar-refractivity contribution < 1.29 is 4.79 Å². The molecule has 1 aliphatic rings. The molecule has 3 rings (SSSR count). The van der Waals surface area contributed by atoms with Crippen molar-refractivity contribution in [3.05, 3.63) is 12.7 Å². The topological polar surface area (TPSA) is 125 Å². The highest BCUT2D eigenvalue weighted by atomic mass is 35.5. The van der Waals surface area contributed by atoms with Crippen LogP contribution in [-0.4, -0.2) is 38.0 Å². The van der Waals surface area contributed by atoms with Gasteiger partial charge in [-0.15, -0.1) is 24.8 Å². The normalized spacial score (nSPS) is 14.8. The number of nitrogens with two attached hydrogens (primary N) is 2. The molecule has 0 spiro atoms. The number of nitrogen functional groups attached to an aromatic ring is 1. The number of imidazole rings is 1. The minimum atomic E-state index is -0.113. The molecule has 22 heavy (non-hydrogen) atoms. The molecule has 0 aromatic carbocycles. The SMILES string of the molecule is Cl.Cl.Nc1ncnc2c1ncn2CC(=O)NCC(N)C1CC1. The molecule has 0 aliphatic heterocycles. The number of hydrogen-bond donors (Lipinski definition) is 3. The summed E-state index contributed by atoms with van der Waals surface area (Å²) in [5, 5.41) is 2.83. The van der Waals surface area contributed by atoms with Crippen LogP contribution in [0.4, 0.5) is 5.82 Å². The van der Waals surface area contributed by atoms with E-state index in [2.05, 4.69) is 20.3 Å². The lowest BCUT2D eigenvalue weighted by atomic mass is 10.2. The molecule has 1 atom stereocenters. The zero-order valence-corrected chi connectivity index (χ0v) is 13.4. The molecular weight excluding hydrogens is 329 g/mol. The van der Waals surface area contributed by atoms with E-state index in [0.29, 0.717) is 29.4 Å². The van der Waals surface area contributed by atoms with Gasteiger partial charge in [-0.1, -0.05) is 0 Å². The zero-order chi connectivity index (χ0) is 14.1. The van der Waals surface area contributed by atoms with Gasteiger partial charge in [0.25, 0.3) is 0 Å². The zero-order valence-electron chi connectivity index (χ0n) is 11.8. The molecule has 2 aromatic rings. The van der Waals surface area contributed by atoms with Crippen LogP contribution in [0, 0.1) is 5.92 Å². The molecule has 8 nitrogen and oxygen atoms in total. The molecule has 1 saturated carbocycles. The van der Waals surface area contributed by atoms with E-state index in [-0.39, 0.29) is 43.3 Å². The van der Waals surface area contributed by atoms with Gasteiger partial charge in [-0.05, 0) is 18.8 Å². The summed E-state index contributed by atoms with van der Waals surface area (Å²) in [6.45, 7) is 0.650. The lowest BCUT2D eigenvalue weighted by molar-refractivity contribution is -0.121. The fraction of sp³-hybridized carbons (Fsp3) is 0.500. The van der Waals surface area contributed by atoms with E-state index in [1.54, 1.807) is 4.57 Å². The second kappa shape index (κ2) is 7.57. The standard InChI is InChI=1S/C12H17N7O.2ClH/c13-8(7-1-2-7)3-15-9(20)4-19-6-18-10-11(14)16-5-17-12(10)19;;/h5-8H,1-4,13H2,(H,15,20)(H2,14,16,17);2*1H. The number of rotatable bonds is 5. The van der Waals surface area contributed by atoms with E-state index in [0.717, 1.165) is 0 Å². The molecule has 0 saturated heterocycles. The van der Waals surface area contributed by atoms with Crippen molar-refractivity contribution >= 4 is 47.7 Å². The molecular formula is C12H19Cl2N7O. The average Bonchev–Trinajstić information content (AvgIpc) is 3.20. The highest BCUT2D eigenvalue weighted by Gasteiger charge is 2.28. The van der Waals surface area contributed by atoms with Crippen LogP contribution in [0.3, 0.4) is 0 Å². The first kappa shape index (κ1) is 18.4. The summed E-state index contributed by atoms with van der Waals surface area (Å²) < 4.78 is 1.64. The quantitative estimate of drug-likeness (QED) is 0.704. The molecule has 0 radical (unpaired) electrons. The molecule has 1 aliphatic carbocycles. The van der Waals surface area contributed by atoms with E-state index in [1.807, 2.05) is 0 Å². The van der Waals surface area contributed by atoms with Crippen molar-refractivity contribution in [2.75, 3.05) is 12.3 Å². The predicted octanol–water partition coefficient (Wildman–Crippen LogP) is 0.106. The highest BCUT2D eigenvalue weighted by molar-refractivity contribution is 5.85. The van der Waals surface area contributed by atoms with E-state index in [4.69, 9.17) is 11.5 Å². The summed E-state index contributed by atoms with van der Waals surface area (Å²) in [6, 6.07) is 0.0523. The first-order valence-corrected chi connectivity index (χ1v) is 6.58. The van der Waals surface area contributed by atoms with Gasteiger partial charge in [-0.25, -0.2) is 15.0 Å². The lowest BCUT2D eigenvalue weighted by Crippen LogP contribution is -2.39. The van der Waals surface area contributed by atoms with Crippen molar-refractivity contribution in [2.24, 2.45) is 11.7 Å². The van der Waals surface area contributed by atoms with Gasteiger partial charge in [0.1, 0.15) is 18.4 Å². The van der Waals surface area contributed by atoms with Gasteiger partial charge in [0.15, 0.2) is 11.5 Å². The third-order valence-electron chi connectivity index (χ3n) is 3.51. The number of nitrogens with one attached hydrogen (secondary N) is 1. The molecule has 1 amide bonds. The highest BCUT2D eigenvalue weighted by Crippen LogP contribution is 2.31. The van der Waals surface area contributed by atoms with Crippen molar-refractivity contribution in [1.82, 2.24) is 24.8 Å². The fourth-order valence-corrected chi connectivity index (χ4v) is 2.15. The smallest absolute Gasteiger partial charge is 0.240 e. The summed E-state index contributed by atoms with van der Waals surface area (Å²) in [6.07, 6.45) is 5.23. The second-order valence-electron chi connectivity index (χ2n) is 5.11. The Morgan fingerprint density at radius 2 is 2.09 bits per heavy atom. The molecule has 10 heteroatoms. The summed E-state index contributed by atoms with van der Waals surface area (Å²) in [4.78, 5) is 24.0. The van der Waals surface area contributed by atoms with E-state index >= 15 is 0 Å². The van der Waals surface area contributed by atoms with Gasteiger partial charge in [0.05, 0.1) is 6.33 Å². The van der Waals surface area contributed by atoms with E-state index in [9.17, 15) is 4.79 Å². The molecule has 5 N–H and O–H groups in total. The summed E-state index contributed by atoms with van der Waals surface area (Å²) in [5.74, 6) is 0.763. The van der Waals surface area contributed by atoms with Crippen LogP contribution in [-0.2, 0) is 11.3 Å². The van der Waals surface area contributed by atoms with Gasteiger partial charge < -0.3 is 21.4 Å². The van der Waals surface area contributed by atoms with Gasteiger partial charge in [0, 0.05) is 12.6 Å². The van der Waals surface area contributed by atoms with Crippen LogP contribution in [0.1, 0.15) is 12.8 Å². The number of carbonyl (C=O) groups excluding carboxylic acids is 1. The number of aromatic nitrogens is 4. The molecule has 1 fully saturated rings. The first-order chi connectivity index (χ1) is 9.65. The van der Waals surface area contributed by atoms with Crippen LogP contribution in [0.15, 0.2) is 12.7 Å². The number of anilines is 1. The number of carbonyl (C=O) groups is 1. The maximum absolute atomic E-state index is 11.9. The summed E-state index contributed by atoms with van der Waals surface area (Å²) in [7, 11) is 0. The number of nitrogens with zero attached hydrogens (tertiary/aromatic N) is 4. The predicted molar refractivity (Wildman–Crippen MR) is 87.9 cm³/mol. The number of amides is 1. The van der Waals surface area contributed by atoms with Crippen LogP contribution in [0.2, 0.25) is 0 Å². The van der Waals surface area contributed by atoms with Crippen LogP contribution in [0.5, 0.6) is 0 Å². The Morgan fingerprint density at radius 3 is 2.77 bits per heavy atom. The van der Waals surface area contributed by atoms with E-state index in [1.165, 1.54) is 25.5 Å². The lowest BCUT2D eigenvalue weighted by Gasteiger charge is -2.11. The molecule has 122 valence electrons. The Labute approximate surface area is 139 Å². The number of fused-ring (bicyclic) bond motifs is 1. The second-order valence-corrected chi connectivity index (χ2v) is 5.11. The Balaban J connectivity index is 0.00000121. The van der Waals surface area contributed by atoms with Gasteiger partial charge in [0.2, 0.25) is 5.91 Å². The third kappa shape index (κ3) is 3.96.